The Morgan fingerprint density at radius 1 is 1.21 bits per heavy atom. The minimum Gasteiger partial charge on any atom is -0.461 e. The monoisotopic (exact) mass is 445 g/mol. The van der Waals surface area contributed by atoms with Crippen LogP contribution in [0, 0.1) is 0 Å². The van der Waals surface area contributed by atoms with Gasteiger partial charge in [-0.05, 0) is 13.8 Å². The predicted molar refractivity (Wildman–Crippen MR) is 119 cm³/mol. The molecule has 29 heavy (non-hydrogen) atoms. The van der Waals surface area contributed by atoms with Gasteiger partial charge in [0.05, 0.1) is 19.8 Å². The van der Waals surface area contributed by atoms with Crippen molar-refractivity contribution in [2.45, 2.75) is 19.9 Å². The van der Waals surface area contributed by atoms with Crippen molar-refractivity contribution in [2.75, 3.05) is 75.1 Å². The summed E-state index contributed by atoms with van der Waals surface area (Å²) in [5.41, 5.74) is 5.31. The fourth-order valence-electron chi connectivity index (χ4n) is 2.85. The molecule has 1 aliphatic heterocycles. The minimum atomic E-state index is -0.460. The molecule has 0 aromatic carbocycles. The van der Waals surface area contributed by atoms with Crippen molar-refractivity contribution < 1.29 is 14.3 Å². The van der Waals surface area contributed by atoms with Crippen LogP contribution in [0.5, 0.6) is 6.01 Å². The van der Waals surface area contributed by atoms with Gasteiger partial charge in [-0.3, -0.25) is 9.69 Å². The number of hydrogen-bond acceptors (Lipinski definition) is 11. The summed E-state index contributed by atoms with van der Waals surface area (Å²) in [7, 11) is 3.14. The molecule has 10 nitrogen and oxygen atoms in total. The number of piperazine rings is 1. The fraction of sp³-hybridized carbons (Fsp3) is 0.765. The first-order valence-electron chi connectivity index (χ1n) is 9.62. The number of hydrogen-bond donors (Lipinski definition) is 2. The van der Waals surface area contributed by atoms with E-state index in [0.29, 0.717) is 37.8 Å². The van der Waals surface area contributed by atoms with Gasteiger partial charge >= 0.3 is 6.01 Å². The highest BCUT2D eigenvalue weighted by Gasteiger charge is 2.23. The second-order valence-electron chi connectivity index (χ2n) is 6.95. The van der Waals surface area contributed by atoms with Crippen LogP contribution in [0.4, 0.5) is 11.9 Å². The molecule has 0 aliphatic carbocycles. The van der Waals surface area contributed by atoms with Gasteiger partial charge < -0.3 is 25.0 Å². The van der Waals surface area contributed by atoms with Crippen molar-refractivity contribution in [3.05, 3.63) is 0 Å². The van der Waals surface area contributed by atoms with Crippen LogP contribution in [0.2, 0.25) is 0 Å². The second kappa shape index (κ2) is 12.3. The minimum absolute atomic E-state index is 0.00846. The lowest BCUT2D eigenvalue weighted by atomic mass is 10.2. The van der Waals surface area contributed by atoms with Gasteiger partial charge in [-0.2, -0.15) is 15.0 Å². The number of anilines is 2. The molecule has 0 radical (unpaired) electrons. The highest BCUT2D eigenvalue weighted by atomic mass is 33.1. The largest absolute Gasteiger partial charge is 0.461 e. The Morgan fingerprint density at radius 2 is 1.93 bits per heavy atom. The van der Waals surface area contributed by atoms with Crippen molar-refractivity contribution in [3.63, 3.8) is 0 Å². The maximum atomic E-state index is 11.3. The van der Waals surface area contributed by atoms with Gasteiger partial charge in [0.2, 0.25) is 17.8 Å². The summed E-state index contributed by atoms with van der Waals surface area (Å²) in [6.45, 7) is 9.23. The van der Waals surface area contributed by atoms with Gasteiger partial charge in [-0.25, -0.2) is 0 Å². The number of carbonyl (C=O) groups excluding carboxylic acids is 1. The number of nitrogens with two attached hydrogens (primary N) is 1. The van der Waals surface area contributed by atoms with Crippen LogP contribution < -0.4 is 20.3 Å². The standard InChI is InChI=1S/C17H31N7O3S2/c1-13(2)23-4-6-24(7-5-23)16-19-15(22(3)12-14(18)25)20-17(21-16)27-9-8-26-10-11-29-28/h13,28H,4-12H2,1-3H3,(H2,18,25). The third-order valence-corrected chi connectivity index (χ3v) is 5.33. The maximum absolute atomic E-state index is 11.3. The zero-order valence-corrected chi connectivity index (χ0v) is 19.0. The molecule has 0 bridgehead atoms. The number of primary amides is 1. The Hall–Kier alpha value is -1.50. The first-order valence-corrected chi connectivity index (χ1v) is 11.7. The van der Waals surface area contributed by atoms with Crippen molar-refractivity contribution in [3.8, 4) is 6.01 Å². The van der Waals surface area contributed by atoms with Crippen LogP contribution in [-0.4, -0.2) is 97.1 Å². The third kappa shape index (κ3) is 8.03. The zero-order chi connectivity index (χ0) is 21.2. The summed E-state index contributed by atoms with van der Waals surface area (Å²) >= 11 is 4.07. The van der Waals surface area contributed by atoms with Gasteiger partial charge in [0.1, 0.15) is 6.61 Å². The van der Waals surface area contributed by atoms with E-state index in [4.69, 9.17) is 15.2 Å². The number of ether oxygens (including phenoxy) is 2. The molecule has 1 fully saturated rings. The molecule has 12 heteroatoms. The van der Waals surface area contributed by atoms with E-state index < -0.39 is 5.91 Å². The van der Waals surface area contributed by atoms with Crippen molar-refractivity contribution in [2.24, 2.45) is 5.73 Å². The highest BCUT2D eigenvalue weighted by molar-refractivity contribution is 8.68. The number of thiol groups is 1. The van der Waals surface area contributed by atoms with Gasteiger partial charge in [0, 0.05) is 45.0 Å². The highest BCUT2D eigenvalue weighted by Crippen LogP contribution is 2.19. The van der Waals surface area contributed by atoms with Gasteiger partial charge in [-0.1, -0.05) is 10.8 Å². The van der Waals surface area contributed by atoms with Crippen LogP contribution in [0.25, 0.3) is 0 Å². The summed E-state index contributed by atoms with van der Waals surface area (Å²) in [6, 6.07) is 0.715. The van der Waals surface area contributed by atoms with Gasteiger partial charge in [-0.15, -0.1) is 11.7 Å². The van der Waals surface area contributed by atoms with E-state index in [9.17, 15) is 4.79 Å². The Balaban J connectivity index is 2.07. The fourth-order valence-corrected chi connectivity index (χ4v) is 3.26. The molecule has 1 aliphatic rings. The third-order valence-electron chi connectivity index (χ3n) is 4.43. The summed E-state index contributed by atoms with van der Waals surface area (Å²) < 4.78 is 11.1. The normalized spacial score (nSPS) is 15.0. The molecule has 1 saturated heterocycles. The molecule has 1 aromatic rings. The quantitative estimate of drug-likeness (QED) is 0.265. The van der Waals surface area contributed by atoms with Crippen molar-refractivity contribution in [1.82, 2.24) is 19.9 Å². The molecule has 0 saturated carbocycles. The van der Waals surface area contributed by atoms with E-state index in [1.165, 1.54) is 10.8 Å². The lowest BCUT2D eigenvalue weighted by Crippen LogP contribution is -2.49. The van der Waals surface area contributed by atoms with E-state index >= 15 is 0 Å². The zero-order valence-electron chi connectivity index (χ0n) is 17.3. The smallest absolute Gasteiger partial charge is 0.323 e. The number of amides is 1. The molecule has 2 heterocycles. The summed E-state index contributed by atoms with van der Waals surface area (Å²) in [4.78, 5) is 30.7. The predicted octanol–water partition coefficient (Wildman–Crippen LogP) is 0.297. The van der Waals surface area contributed by atoms with Crippen LogP contribution in [0.1, 0.15) is 13.8 Å². The molecule has 0 atom stereocenters. The summed E-state index contributed by atoms with van der Waals surface area (Å²) in [5, 5.41) is 0. The Kier molecular flexibility index (Phi) is 10.0. The van der Waals surface area contributed by atoms with E-state index in [1.807, 2.05) is 0 Å². The molecular weight excluding hydrogens is 414 g/mol. The SMILES string of the molecule is CC(C)N1CCN(c2nc(OCCOCCSS)nc(N(C)CC(N)=O)n2)CC1. The topological polar surface area (TPSA) is 110 Å². The average molecular weight is 446 g/mol. The molecule has 2 rings (SSSR count). The number of aromatic nitrogens is 3. The summed E-state index contributed by atoms with van der Waals surface area (Å²) in [5.74, 6) is 1.24. The molecule has 164 valence electrons. The number of carbonyl (C=O) groups is 1. The molecule has 0 unspecified atom stereocenters. The van der Waals surface area contributed by atoms with E-state index in [-0.39, 0.29) is 12.6 Å². The van der Waals surface area contributed by atoms with Crippen LogP contribution >= 0.6 is 22.5 Å². The van der Waals surface area contributed by atoms with Crippen LogP contribution in [0.15, 0.2) is 0 Å². The van der Waals surface area contributed by atoms with E-state index in [0.717, 1.165) is 31.9 Å². The Bertz CT molecular complexity index is 645. The molecule has 2 N–H and O–H groups in total. The van der Waals surface area contributed by atoms with Crippen LogP contribution in [-0.2, 0) is 9.53 Å². The second-order valence-corrected chi connectivity index (χ2v) is 8.39. The molecule has 1 aromatic heterocycles. The lowest BCUT2D eigenvalue weighted by molar-refractivity contribution is -0.116. The first kappa shape index (κ1) is 23.8. The maximum Gasteiger partial charge on any atom is 0.323 e. The number of rotatable bonds is 12. The Labute approximate surface area is 181 Å². The molecule has 1 amide bonds. The first-order chi connectivity index (χ1) is 13.9. The average Bonchev–Trinajstić information content (AvgIpc) is 2.70. The lowest BCUT2D eigenvalue weighted by Gasteiger charge is -2.37. The molecular formula is C17H31N7O3S2. The van der Waals surface area contributed by atoms with Gasteiger partial charge in [0.25, 0.3) is 0 Å². The summed E-state index contributed by atoms with van der Waals surface area (Å²) in [6.07, 6.45) is 0. The molecule has 0 spiro atoms. The Morgan fingerprint density at radius 3 is 2.55 bits per heavy atom. The van der Waals surface area contributed by atoms with Crippen molar-refractivity contribution in [1.29, 1.82) is 0 Å². The van der Waals surface area contributed by atoms with Gasteiger partial charge in [0.15, 0.2) is 0 Å². The van der Waals surface area contributed by atoms with E-state index in [1.54, 1.807) is 11.9 Å². The van der Waals surface area contributed by atoms with E-state index in [2.05, 4.69) is 50.3 Å². The van der Waals surface area contributed by atoms with Crippen molar-refractivity contribution >= 4 is 40.3 Å². The number of likely N-dealkylation sites (N-methyl/N-ethyl adjacent to an activating group) is 1. The number of nitrogens with zero attached hydrogens (tertiary/aromatic N) is 6. The van der Waals surface area contributed by atoms with Crippen LogP contribution in [0.3, 0.4) is 0 Å².